The molecule has 0 radical (unpaired) electrons. The van der Waals surface area contributed by atoms with Gasteiger partial charge in [-0.2, -0.15) is 4.31 Å². The van der Waals surface area contributed by atoms with Crippen LogP contribution in [-0.4, -0.2) is 63.4 Å². The summed E-state index contributed by atoms with van der Waals surface area (Å²) in [5.74, 6) is 0.883. The summed E-state index contributed by atoms with van der Waals surface area (Å²) in [4.78, 5) is 14.5. The summed E-state index contributed by atoms with van der Waals surface area (Å²) in [6.45, 7) is 3.05. The SMILES string of the molecule is CN1CCN(S(=O)(=O)c2cccc(NC(=O)NCCCCC3CCCC3)c2)CC1. The number of carbonyl (C=O) groups excluding carboxylic acids is 1. The predicted molar refractivity (Wildman–Crippen MR) is 116 cm³/mol. The van der Waals surface area contributed by atoms with Crippen LogP contribution in [0.15, 0.2) is 29.2 Å². The molecular formula is C21H34N4O3S. The number of nitrogens with one attached hydrogen (secondary N) is 2. The number of amides is 2. The quantitative estimate of drug-likeness (QED) is 0.631. The fourth-order valence-corrected chi connectivity index (χ4v) is 5.61. The van der Waals surface area contributed by atoms with Gasteiger partial charge in [-0.25, -0.2) is 13.2 Å². The number of anilines is 1. The number of urea groups is 1. The lowest BCUT2D eigenvalue weighted by Gasteiger charge is -2.31. The van der Waals surface area contributed by atoms with E-state index in [-0.39, 0.29) is 10.9 Å². The third kappa shape index (κ3) is 6.42. The highest BCUT2D eigenvalue weighted by Gasteiger charge is 2.27. The summed E-state index contributed by atoms with van der Waals surface area (Å²) >= 11 is 0. The molecule has 1 aliphatic heterocycles. The summed E-state index contributed by atoms with van der Waals surface area (Å²) < 4.78 is 27.2. The molecule has 1 saturated heterocycles. The van der Waals surface area contributed by atoms with E-state index in [0.717, 1.165) is 31.8 Å². The van der Waals surface area contributed by atoms with Crippen molar-refractivity contribution in [2.45, 2.75) is 49.8 Å². The number of nitrogens with zero attached hydrogens (tertiary/aromatic N) is 2. The molecule has 0 aromatic heterocycles. The molecule has 1 aliphatic carbocycles. The molecule has 2 fully saturated rings. The zero-order valence-corrected chi connectivity index (χ0v) is 18.2. The zero-order chi connectivity index (χ0) is 20.7. The van der Waals surface area contributed by atoms with Crippen molar-refractivity contribution in [3.8, 4) is 0 Å². The van der Waals surface area contributed by atoms with Gasteiger partial charge in [0, 0.05) is 38.4 Å². The molecular weight excluding hydrogens is 388 g/mol. The zero-order valence-electron chi connectivity index (χ0n) is 17.4. The number of rotatable bonds is 8. The van der Waals surface area contributed by atoms with Crippen LogP contribution >= 0.6 is 0 Å². The Morgan fingerprint density at radius 1 is 1.10 bits per heavy atom. The van der Waals surface area contributed by atoms with Crippen LogP contribution in [0, 0.1) is 5.92 Å². The van der Waals surface area contributed by atoms with Crippen molar-refractivity contribution < 1.29 is 13.2 Å². The van der Waals surface area contributed by atoms with Crippen molar-refractivity contribution in [3.63, 3.8) is 0 Å². The number of carbonyl (C=O) groups is 1. The predicted octanol–water partition coefficient (Wildman–Crippen LogP) is 3.10. The van der Waals surface area contributed by atoms with Gasteiger partial charge in [-0.15, -0.1) is 0 Å². The molecule has 29 heavy (non-hydrogen) atoms. The minimum atomic E-state index is -3.54. The fourth-order valence-electron chi connectivity index (χ4n) is 4.15. The topological polar surface area (TPSA) is 81.8 Å². The van der Waals surface area contributed by atoms with Crippen molar-refractivity contribution >= 4 is 21.7 Å². The monoisotopic (exact) mass is 422 g/mol. The Morgan fingerprint density at radius 3 is 2.55 bits per heavy atom. The van der Waals surface area contributed by atoms with Crippen LogP contribution in [0.2, 0.25) is 0 Å². The lowest BCUT2D eigenvalue weighted by atomic mass is 10.0. The normalized spacial score (nSPS) is 19.3. The average Bonchev–Trinajstić information content (AvgIpc) is 3.22. The molecule has 2 aliphatic rings. The number of sulfonamides is 1. The molecule has 0 atom stereocenters. The first-order valence-corrected chi connectivity index (χ1v) is 12.2. The van der Waals surface area contributed by atoms with E-state index in [2.05, 4.69) is 15.5 Å². The molecule has 2 amide bonds. The maximum absolute atomic E-state index is 12.9. The van der Waals surface area contributed by atoms with Gasteiger partial charge in [0.2, 0.25) is 10.0 Å². The summed E-state index contributed by atoms with van der Waals surface area (Å²) in [5.41, 5.74) is 0.489. The number of hydrogen-bond acceptors (Lipinski definition) is 4. The lowest BCUT2D eigenvalue weighted by molar-refractivity contribution is 0.222. The molecule has 1 saturated carbocycles. The maximum Gasteiger partial charge on any atom is 0.319 e. The smallest absolute Gasteiger partial charge is 0.319 e. The van der Waals surface area contributed by atoms with Crippen LogP contribution in [-0.2, 0) is 10.0 Å². The van der Waals surface area contributed by atoms with Gasteiger partial charge in [0.1, 0.15) is 0 Å². The first-order chi connectivity index (χ1) is 13.9. The van der Waals surface area contributed by atoms with Crippen LogP contribution in [0.1, 0.15) is 44.9 Å². The van der Waals surface area contributed by atoms with E-state index in [1.807, 2.05) is 7.05 Å². The van der Waals surface area contributed by atoms with Crippen molar-refractivity contribution in [2.24, 2.45) is 5.92 Å². The van der Waals surface area contributed by atoms with E-state index in [1.54, 1.807) is 18.2 Å². The molecule has 1 heterocycles. The average molecular weight is 423 g/mol. The summed E-state index contributed by atoms with van der Waals surface area (Å²) in [6.07, 6.45) is 8.84. The van der Waals surface area contributed by atoms with E-state index in [4.69, 9.17) is 0 Å². The van der Waals surface area contributed by atoms with E-state index in [1.165, 1.54) is 42.5 Å². The van der Waals surface area contributed by atoms with E-state index in [9.17, 15) is 13.2 Å². The number of likely N-dealkylation sites (N-methyl/N-ethyl adjacent to an activating group) is 1. The summed E-state index contributed by atoms with van der Waals surface area (Å²) in [6, 6.07) is 6.20. The molecule has 2 N–H and O–H groups in total. The number of hydrogen-bond donors (Lipinski definition) is 2. The first-order valence-electron chi connectivity index (χ1n) is 10.8. The highest BCUT2D eigenvalue weighted by molar-refractivity contribution is 7.89. The number of unbranched alkanes of at least 4 members (excludes halogenated alkanes) is 1. The molecule has 3 rings (SSSR count). The van der Waals surface area contributed by atoms with Gasteiger partial charge in [0.15, 0.2) is 0 Å². The fraction of sp³-hybridized carbons (Fsp3) is 0.667. The minimum absolute atomic E-state index is 0.219. The Morgan fingerprint density at radius 2 is 1.83 bits per heavy atom. The Balaban J connectivity index is 1.45. The molecule has 1 aromatic carbocycles. The Kier molecular flexibility index (Phi) is 7.91. The van der Waals surface area contributed by atoms with Crippen LogP contribution in [0.25, 0.3) is 0 Å². The summed E-state index contributed by atoms with van der Waals surface area (Å²) in [7, 11) is -1.55. The second kappa shape index (κ2) is 10.4. The van der Waals surface area contributed by atoms with Crippen molar-refractivity contribution in [2.75, 3.05) is 45.1 Å². The van der Waals surface area contributed by atoms with E-state index >= 15 is 0 Å². The van der Waals surface area contributed by atoms with Crippen LogP contribution in [0.4, 0.5) is 10.5 Å². The van der Waals surface area contributed by atoms with Crippen molar-refractivity contribution in [1.82, 2.24) is 14.5 Å². The number of piperazine rings is 1. The van der Waals surface area contributed by atoms with Gasteiger partial charge in [-0.05, 0) is 37.6 Å². The van der Waals surface area contributed by atoms with Gasteiger partial charge < -0.3 is 15.5 Å². The second-order valence-electron chi connectivity index (χ2n) is 8.26. The molecule has 1 aromatic rings. The van der Waals surface area contributed by atoms with Gasteiger partial charge >= 0.3 is 6.03 Å². The third-order valence-corrected chi connectivity index (χ3v) is 7.89. The van der Waals surface area contributed by atoms with Crippen LogP contribution in [0.3, 0.4) is 0 Å². The van der Waals surface area contributed by atoms with Crippen molar-refractivity contribution in [1.29, 1.82) is 0 Å². The molecule has 0 bridgehead atoms. The lowest BCUT2D eigenvalue weighted by Crippen LogP contribution is -2.47. The minimum Gasteiger partial charge on any atom is -0.338 e. The molecule has 162 valence electrons. The highest BCUT2D eigenvalue weighted by atomic mass is 32.2. The van der Waals surface area contributed by atoms with Gasteiger partial charge in [-0.1, -0.05) is 44.6 Å². The Hall–Kier alpha value is -1.64. The second-order valence-corrected chi connectivity index (χ2v) is 10.2. The highest BCUT2D eigenvalue weighted by Crippen LogP contribution is 2.28. The van der Waals surface area contributed by atoms with Crippen LogP contribution in [0.5, 0.6) is 0 Å². The summed E-state index contributed by atoms with van der Waals surface area (Å²) in [5, 5.41) is 5.62. The van der Waals surface area contributed by atoms with Gasteiger partial charge in [-0.3, -0.25) is 0 Å². The van der Waals surface area contributed by atoms with Crippen LogP contribution < -0.4 is 10.6 Å². The Labute approximate surface area is 174 Å². The largest absolute Gasteiger partial charge is 0.338 e. The molecule has 8 heteroatoms. The van der Waals surface area contributed by atoms with Gasteiger partial charge in [0.25, 0.3) is 0 Å². The van der Waals surface area contributed by atoms with E-state index in [0.29, 0.717) is 25.3 Å². The molecule has 7 nitrogen and oxygen atoms in total. The van der Waals surface area contributed by atoms with Gasteiger partial charge in [0.05, 0.1) is 4.90 Å². The first kappa shape index (κ1) is 22.1. The van der Waals surface area contributed by atoms with E-state index < -0.39 is 10.0 Å². The standard InChI is InChI=1S/C21H34N4O3S/c1-24-13-15-25(16-14-24)29(27,28)20-11-6-10-19(17-20)23-21(26)22-12-5-4-9-18-7-2-3-8-18/h6,10-11,17-18H,2-5,7-9,12-16H2,1H3,(H2,22,23,26). The maximum atomic E-state index is 12.9. The number of benzene rings is 1. The van der Waals surface area contributed by atoms with Crippen molar-refractivity contribution in [3.05, 3.63) is 24.3 Å². The third-order valence-electron chi connectivity index (χ3n) is 5.99. The Bertz CT molecular complexity index is 770. The molecule has 0 unspecified atom stereocenters. The molecule has 0 spiro atoms.